The van der Waals surface area contributed by atoms with Crippen LogP contribution in [0.1, 0.15) is 13.8 Å². The fourth-order valence-corrected chi connectivity index (χ4v) is 4.72. The molecule has 0 aromatic heterocycles. The van der Waals surface area contributed by atoms with E-state index in [2.05, 4.69) is 5.32 Å². The number of aromatic nitrogens is 1. The summed E-state index contributed by atoms with van der Waals surface area (Å²) in [5, 5.41) is 4.44. The Kier molecular flexibility index (Phi) is 5.19. The minimum atomic E-state index is -0.656. The monoisotopic (exact) mass is 394 g/mol. The first kappa shape index (κ1) is 18.3. The number of fused-ring (bicyclic) bond motifs is 1. The molecule has 1 aromatic carbocycles. The lowest BCUT2D eigenvalue weighted by Gasteiger charge is -2.11. The third kappa shape index (κ3) is 3.27. The van der Waals surface area contributed by atoms with Crippen LogP contribution in [0.15, 0.2) is 28.4 Å². The van der Waals surface area contributed by atoms with Gasteiger partial charge in [-0.05, 0) is 26.0 Å². The van der Waals surface area contributed by atoms with Gasteiger partial charge in [-0.2, -0.15) is 0 Å². The maximum Gasteiger partial charge on any atom is 0.412 e. The van der Waals surface area contributed by atoms with Crippen molar-refractivity contribution in [3.8, 4) is 27.8 Å². The highest BCUT2D eigenvalue weighted by Crippen LogP contribution is 2.40. The lowest BCUT2D eigenvalue weighted by atomic mass is 10.2. The van der Waals surface area contributed by atoms with Crippen molar-refractivity contribution in [1.82, 2.24) is 4.57 Å². The number of ether oxygens (including phenoxy) is 3. The maximum absolute atomic E-state index is 13.0. The van der Waals surface area contributed by atoms with Crippen molar-refractivity contribution in [3.63, 3.8) is 0 Å². The number of hydrogen-bond donors (Lipinski definition) is 1. The molecule has 26 heavy (non-hydrogen) atoms. The summed E-state index contributed by atoms with van der Waals surface area (Å²) < 4.78 is 17.2. The molecule has 2 aliphatic heterocycles. The molecule has 0 radical (unpaired) electrons. The second-order valence-electron chi connectivity index (χ2n) is 5.64. The Labute approximate surface area is 157 Å². The summed E-state index contributed by atoms with van der Waals surface area (Å²) in [6, 6.07) is 5.20. The Bertz CT molecular complexity index is 957. The Morgan fingerprint density at radius 1 is 1.23 bits per heavy atom. The van der Waals surface area contributed by atoms with Gasteiger partial charge in [-0.3, -0.25) is 14.7 Å². The number of rotatable bonds is 5. The first-order valence-corrected chi connectivity index (χ1v) is 9.99. The van der Waals surface area contributed by atoms with Crippen LogP contribution in [0.4, 0.5) is 10.5 Å². The number of amides is 1. The van der Waals surface area contributed by atoms with Crippen LogP contribution in [-0.4, -0.2) is 31.0 Å². The zero-order valence-corrected chi connectivity index (χ0v) is 16.3. The average Bonchev–Trinajstić information content (AvgIpc) is 3.16. The van der Waals surface area contributed by atoms with Gasteiger partial charge in [0.05, 0.1) is 36.6 Å². The standard InChI is InChI=1S/C17H18N2O5S2/c1-9(2)24-17(21)18-14-15-12(8-25-26-15)19(16(14)20)11-6-5-10(22-3)7-13(11)23-4/h5-9H,1-4H3,(H,18,21). The Morgan fingerprint density at radius 3 is 2.65 bits per heavy atom. The van der Waals surface area contributed by atoms with Crippen LogP contribution in [0.2, 0.25) is 0 Å². The molecule has 3 rings (SSSR count). The molecule has 0 saturated heterocycles. The zero-order valence-electron chi connectivity index (χ0n) is 14.7. The second kappa shape index (κ2) is 7.38. The van der Waals surface area contributed by atoms with Gasteiger partial charge < -0.3 is 14.2 Å². The molecule has 138 valence electrons. The smallest absolute Gasteiger partial charge is 0.412 e. The van der Waals surface area contributed by atoms with Gasteiger partial charge in [0.25, 0.3) is 5.56 Å². The van der Waals surface area contributed by atoms with Crippen molar-refractivity contribution < 1.29 is 19.0 Å². The quantitative estimate of drug-likeness (QED) is 0.661. The van der Waals surface area contributed by atoms with Crippen LogP contribution >= 0.6 is 20.7 Å². The SMILES string of the molecule is COc1ccc(-n2c3cssc-3c(NC(=O)OC(C)C)c2=O)c(OC)c1. The molecule has 1 aromatic rings. The number of methoxy groups -OCH3 is 2. The van der Waals surface area contributed by atoms with E-state index < -0.39 is 6.09 Å². The highest BCUT2D eigenvalue weighted by atomic mass is 32.9. The van der Waals surface area contributed by atoms with Crippen LogP contribution in [-0.2, 0) is 4.74 Å². The van der Waals surface area contributed by atoms with Crippen LogP contribution < -0.4 is 20.3 Å². The molecule has 0 saturated carbocycles. The van der Waals surface area contributed by atoms with E-state index in [1.54, 1.807) is 39.2 Å². The fourth-order valence-electron chi connectivity index (χ4n) is 2.52. The summed E-state index contributed by atoms with van der Waals surface area (Å²) >= 11 is 0. The van der Waals surface area contributed by atoms with Gasteiger partial charge in [-0.25, -0.2) is 4.79 Å². The molecule has 0 atom stereocenters. The van der Waals surface area contributed by atoms with E-state index >= 15 is 0 Å². The second-order valence-corrected chi connectivity index (χ2v) is 7.72. The predicted octanol–water partition coefficient (Wildman–Crippen LogP) is 4.04. The van der Waals surface area contributed by atoms with E-state index in [-0.39, 0.29) is 17.4 Å². The molecule has 1 N–H and O–H groups in total. The summed E-state index contributed by atoms with van der Waals surface area (Å²) in [7, 11) is 5.97. The first-order valence-electron chi connectivity index (χ1n) is 7.78. The number of carbonyl (C=O) groups is 1. The van der Waals surface area contributed by atoms with Gasteiger partial charge in [0.2, 0.25) is 0 Å². The van der Waals surface area contributed by atoms with Crippen molar-refractivity contribution in [2.24, 2.45) is 0 Å². The third-order valence-corrected chi connectivity index (χ3v) is 5.68. The number of nitrogens with one attached hydrogen (secondary N) is 1. The zero-order chi connectivity index (χ0) is 18.8. The Balaban J connectivity index is 2.11. The number of carbonyl (C=O) groups excluding carboxylic acids is 1. The van der Waals surface area contributed by atoms with Gasteiger partial charge in [-0.15, -0.1) is 0 Å². The summed E-state index contributed by atoms with van der Waals surface area (Å²) in [6.07, 6.45) is -0.938. The molecule has 0 unspecified atom stereocenters. The van der Waals surface area contributed by atoms with E-state index in [0.717, 1.165) is 0 Å². The Hall–Kier alpha value is -2.52. The van der Waals surface area contributed by atoms with E-state index in [0.29, 0.717) is 27.8 Å². The molecule has 9 heteroatoms. The Morgan fingerprint density at radius 2 is 2.00 bits per heavy atom. The average molecular weight is 394 g/mol. The van der Waals surface area contributed by atoms with E-state index in [4.69, 9.17) is 14.2 Å². The normalized spacial score (nSPS) is 11.0. The molecular weight excluding hydrogens is 376 g/mol. The fraction of sp³-hybridized carbons (Fsp3) is 0.294. The summed E-state index contributed by atoms with van der Waals surface area (Å²) in [6.45, 7) is 3.49. The highest BCUT2D eigenvalue weighted by Gasteiger charge is 2.27. The maximum atomic E-state index is 13.0. The molecule has 2 heterocycles. The number of benzene rings is 1. The lowest BCUT2D eigenvalue weighted by Crippen LogP contribution is -2.23. The lowest BCUT2D eigenvalue weighted by molar-refractivity contribution is 0.130. The van der Waals surface area contributed by atoms with Crippen LogP contribution in [0.3, 0.4) is 0 Å². The van der Waals surface area contributed by atoms with Gasteiger partial charge in [0, 0.05) is 11.4 Å². The number of nitrogens with zero attached hydrogens (tertiary/aromatic N) is 1. The number of anilines is 1. The van der Waals surface area contributed by atoms with Gasteiger partial charge in [0.1, 0.15) is 17.2 Å². The van der Waals surface area contributed by atoms with Crippen molar-refractivity contribution in [1.29, 1.82) is 0 Å². The molecule has 0 aliphatic carbocycles. The molecule has 0 spiro atoms. The van der Waals surface area contributed by atoms with Crippen LogP contribution in [0, 0.1) is 0 Å². The predicted molar refractivity (Wildman–Crippen MR) is 103 cm³/mol. The third-order valence-electron chi connectivity index (χ3n) is 3.61. The van der Waals surface area contributed by atoms with E-state index in [1.165, 1.54) is 32.4 Å². The molecule has 1 amide bonds. The van der Waals surface area contributed by atoms with Crippen molar-refractivity contribution in [2.45, 2.75) is 20.0 Å². The first-order chi connectivity index (χ1) is 12.5. The van der Waals surface area contributed by atoms with Crippen molar-refractivity contribution >= 4 is 32.5 Å². The minimum absolute atomic E-state index is 0.203. The molecule has 0 fully saturated rings. The van der Waals surface area contributed by atoms with Crippen LogP contribution in [0.5, 0.6) is 11.5 Å². The molecule has 0 bridgehead atoms. The van der Waals surface area contributed by atoms with Crippen molar-refractivity contribution in [3.05, 3.63) is 33.9 Å². The van der Waals surface area contributed by atoms with Gasteiger partial charge in [0.15, 0.2) is 0 Å². The molecule has 2 aliphatic rings. The minimum Gasteiger partial charge on any atom is -0.497 e. The number of hydrogen-bond acceptors (Lipinski definition) is 7. The topological polar surface area (TPSA) is 78.8 Å². The largest absolute Gasteiger partial charge is 0.497 e. The molecular formula is C17H18N2O5S2. The van der Waals surface area contributed by atoms with Gasteiger partial charge in [-0.1, -0.05) is 20.7 Å². The van der Waals surface area contributed by atoms with E-state index in [1.807, 2.05) is 5.38 Å². The molecule has 7 nitrogen and oxygen atoms in total. The van der Waals surface area contributed by atoms with Crippen LogP contribution in [0.25, 0.3) is 16.3 Å². The van der Waals surface area contributed by atoms with E-state index in [9.17, 15) is 9.59 Å². The summed E-state index contributed by atoms with van der Waals surface area (Å²) in [5.41, 5.74) is 1.13. The summed E-state index contributed by atoms with van der Waals surface area (Å²) in [4.78, 5) is 25.7. The van der Waals surface area contributed by atoms with Gasteiger partial charge >= 0.3 is 6.09 Å². The highest BCUT2D eigenvalue weighted by molar-refractivity contribution is 7.70. The summed E-state index contributed by atoms with van der Waals surface area (Å²) in [5.74, 6) is 1.11. The van der Waals surface area contributed by atoms with Crippen molar-refractivity contribution in [2.75, 3.05) is 19.5 Å².